The quantitative estimate of drug-likeness (QED) is 0.426. The van der Waals surface area contributed by atoms with Crippen molar-refractivity contribution in [3.05, 3.63) is 12.2 Å². The van der Waals surface area contributed by atoms with Crippen LogP contribution in [0.2, 0.25) is 0 Å². The Morgan fingerprint density at radius 1 is 1.60 bits per heavy atom. The fourth-order valence-electron chi connectivity index (χ4n) is 2.08. The molecule has 0 aromatic heterocycles. The highest BCUT2D eigenvalue weighted by Crippen LogP contribution is 2.39. The summed E-state index contributed by atoms with van der Waals surface area (Å²) in [5.74, 6) is 1.40. The highest BCUT2D eigenvalue weighted by Gasteiger charge is 2.37. The summed E-state index contributed by atoms with van der Waals surface area (Å²) in [6, 6.07) is 0.353. The molecule has 0 bridgehead atoms. The number of thiocarbonyl (C=S) groups is 1. The Morgan fingerprint density at radius 2 is 2.40 bits per heavy atom. The fourth-order valence-corrected chi connectivity index (χ4v) is 2.36. The summed E-state index contributed by atoms with van der Waals surface area (Å²) in [6.45, 7) is 4.11. The molecule has 82 valence electrons. The largest absolute Gasteiger partial charge is 0.359 e. The molecule has 2 N–H and O–H groups in total. The number of fused-ring (bicyclic) bond motifs is 1. The van der Waals surface area contributed by atoms with Crippen LogP contribution in [-0.4, -0.2) is 16.9 Å². The summed E-state index contributed by atoms with van der Waals surface area (Å²) in [6.07, 6.45) is 6.85. The monoisotopic (exact) mass is 223 g/mol. The molecule has 1 fully saturated rings. The van der Waals surface area contributed by atoms with Crippen molar-refractivity contribution in [3.63, 3.8) is 0 Å². The zero-order valence-electron chi connectivity index (χ0n) is 9.16. The summed E-state index contributed by atoms with van der Waals surface area (Å²) in [5.41, 5.74) is 4.14. The Morgan fingerprint density at radius 3 is 3.07 bits per heavy atom. The third kappa shape index (κ3) is 2.37. The van der Waals surface area contributed by atoms with E-state index in [1.807, 2.05) is 0 Å². The molecule has 2 atom stereocenters. The minimum absolute atomic E-state index is 0.353. The summed E-state index contributed by atoms with van der Waals surface area (Å²) in [4.78, 5) is 0. The molecule has 4 heteroatoms. The second kappa shape index (κ2) is 4.31. The van der Waals surface area contributed by atoms with E-state index in [-0.39, 0.29) is 0 Å². The molecule has 2 rings (SSSR count). The summed E-state index contributed by atoms with van der Waals surface area (Å²) in [7, 11) is 0. The summed E-state index contributed by atoms with van der Waals surface area (Å²) >= 11 is 5.09. The van der Waals surface area contributed by atoms with Crippen LogP contribution in [0.1, 0.15) is 26.7 Å². The third-order valence-electron chi connectivity index (χ3n) is 2.87. The molecule has 0 radical (unpaired) electrons. The van der Waals surface area contributed by atoms with Crippen LogP contribution in [-0.2, 0) is 0 Å². The number of hydrogen-bond donors (Lipinski definition) is 2. The van der Waals surface area contributed by atoms with E-state index in [1.54, 1.807) is 0 Å². The van der Waals surface area contributed by atoms with Crippen LogP contribution in [0.4, 0.5) is 0 Å². The smallest absolute Gasteiger partial charge is 0.187 e. The number of hydrogen-bond acceptors (Lipinski definition) is 2. The predicted molar refractivity (Wildman–Crippen MR) is 66.8 cm³/mol. The highest BCUT2D eigenvalue weighted by atomic mass is 32.1. The van der Waals surface area contributed by atoms with Gasteiger partial charge in [0.25, 0.3) is 0 Å². The van der Waals surface area contributed by atoms with Crippen molar-refractivity contribution in [2.45, 2.75) is 32.7 Å². The predicted octanol–water partition coefficient (Wildman–Crippen LogP) is 1.81. The molecule has 0 unspecified atom stereocenters. The molecule has 15 heavy (non-hydrogen) atoms. The lowest BCUT2D eigenvalue weighted by molar-refractivity contribution is 0.444. The number of rotatable bonds is 2. The first-order valence-corrected chi connectivity index (χ1v) is 5.87. The van der Waals surface area contributed by atoms with Gasteiger partial charge in [-0.05, 0) is 44.8 Å². The van der Waals surface area contributed by atoms with Crippen molar-refractivity contribution in [2.24, 2.45) is 16.9 Å². The maximum atomic E-state index is 5.09. The average Bonchev–Trinajstić information content (AvgIpc) is 2.46. The van der Waals surface area contributed by atoms with Gasteiger partial charge in [0.1, 0.15) is 0 Å². The Hall–Kier alpha value is -0.900. The zero-order chi connectivity index (χ0) is 10.8. The third-order valence-corrected chi connectivity index (χ3v) is 3.08. The van der Waals surface area contributed by atoms with Gasteiger partial charge in [0.15, 0.2) is 5.11 Å². The van der Waals surface area contributed by atoms with Gasteiger partial charge in [-0.15, -0.1) is 0 Å². The van der Waals surface area contributed by atoms with Crippen molar-refractivity contribution in [1.82, 2.24) is 10.7 Å². The maximum Gasteiger partial charge on any atom is 0.187 e. The second-order valence-electron chi connectivity index (χ2n) is 4.50. The van der Waals surface area contributed by atoms with E-state index < -0.39 is 0 Å². The van der Waals surface area contributed by atoms with Crippen LogP contribution < -0.4 is 10.7 Å². The lowest BCUT2D eigenvalue weighted by atomic mass is 9.74. The van der Waals surface area contributed by atoms with Gasteiger partial charge in [-0.2, -0.15) is 5.10 Å². The van der Waals surface area contributed by atoms with Crippen LogP contribution in [0, 0.1) is 11.8 Å². The van der Waals surface area contributed by atoms with Crippen LogP contribution >= 0.6 is 12.2 Å². The summed E-state index contributed by atoms with van der Waals surface area (Å²) in [5, 5.41) is 8.05. The zero-order valence-corrected chi connectivity index (χ0v) is 9.97. The first-order chi connectivity index (χ1) is 7.16. The van der Waals surface area contributed by atoms with E-state index in [4.69, 9.17) is 12.2 Å². The lowest BCUT2D eigenvalue weighted by Gasteiger charge is -2.31. The second-order valence-corrected chi connectivity index (χ2v) is 4.91. The minimum atomic E-state index is 0.353. The molecule has 0 spiro atoms. The first kappa shape index (κ1) is 10.6. The van der Waals surface area contributed by atoms with Crippen molar-refractivity contribution in [1.29, 1.82) is 0 Å². The van der Waals surface area contributed by atoms with Crippen molar-refractivity contribution < 1.29 is 0 Å². The standard InChI is InChI=1S/C11H17N3S/c1-7(2)12-11(15)14-13-10-6-8-4-3-5-9(8)10/h3,5,7-9H,4,6H2,1-2H3,(H2,12,14,15)/b13-10-/t8-,9-/m1/s1. The molecule has 2 aliphatic rings. The van der Waals surface area contributed by atoms with Crippen LogP contribution in [0.5, 0.6) is 0 Å². The van der Waals surface area contributed by atoms with Crippen molar-refractivity contribution in [3.8, 4) is 0 Å². The van der Waals surface area contributed by atoms with Gasteiger partial charge in [-0.3, -0.25) is 5.43 Å². The van der Waals surface area contributed by atoms with Gasteiger partial charge in [0.05, 0.1) is 0 Å². The van der Waals surface area contributed by atoms with Gasteiger partial charge >= 0.3 is 0 Å². The van der Waals surface area contributed by atoms with Crippen LogP contribution in [0.3, 0.4) is 0 Å². The molecule has 0 saturated heterocycles. The van der Waals surface area contributed by atoms with E-state index in [9.17, 15) is 0 Å². The molecule has 2 aliphatic carbocycles. The van der Waals surface area contributed by atoms with Gasteiger partial charge in [0.2, 0.25) is 0 Å². The van der Waals surface area contributed by atoms with Gasteiger partial charge in [0, 0.05) is 17.7 Å². The molecule has 0 heterocycles. The minimum Gasteiger partial charge on any atom is -0.359 e. The highest BCUT2D eigenvalue weighted by molar-refractivity contribution is 7.80. The van der Waals surface area contributed by atoms with E-state index in [2.05, 4.69) is 41.8 Å². The molecule has 0 aromatic rings. The summed E-state index contributed by atoms with van der Waals surface area (Å²) < 4.78 is 0. The van der Waals surface area contributed by atoms with E-state index >= 15 is 0 Å². The topological polar surface area (TPSA) is 36.4 Å². The van der Waals surface area contributed by atoms with E-state index in [0.717, 1.165) is 12.3 Å². The number of hydrazone groups is 1. The maximum absolute atomic E-state index is 5.09. The van der Waals surface area contributed by atoms with Gasteiger partial charge in [-0.1, -0.05) is 12.2 Å². The normalized spacial score (nSPS) is 30.2. The van der Waals surface area contributed by atoms with Crippen LogP contribution in [0.15, 0.2) is 17.3 Å². The average molecular weight is 223 g/mol. The molecule has 0 aliphatic heterocycles. The van der Waals surface area contributed by atoms with Crippen molar-refractivity contribution >= 4 is 23.0 Å². The SMILES string of the molecule is CC(C)NC(=S)N/N=C1/C[C@H]2CC=C[C@@H]12. The van der Waals surface area contributed by atoms with Gasteiger partial charge in [-0.25, -0.2) is 0 Å². The molecular weight excluding hydrogens is 206 g/mol. The molecule has 1 saturated carbocycles. The number of nitrogens with zero attached hydrogens (tertiary/aromatic N) is 1. The van der Waals surface area contributed by atoms with Crippen molar-refractivity contribution in [2.75, 3.05) is 0 Å². The Kier molecular flexibility index (Phi) is 3.05. The molecule has 0 amide bonds. The fraction of sp³-hybridized carbons (Fsp3) is 0.636. The number of nitrogens with one attached hydrogen (secondary N) is 2. The van der Waals surface area contributed by atoms with Crippen LogP contribution in [0.25, 0.3) is 0 Å². The Balaban J connectivity index is 1.80. The van der Waals surface area contributed by atoms with Gasteiger partial charge < -0.3 is 5.32 Å². The lowest BCUT2D eigenvalue weighted by Crippen LogP contribution is -2.40. The molecule has 3 nitrogen and oxygen atoms in total. The van der Waals surface area contributed by atoms with E-state index in [1.165, 1.54) is 12.1 Å². The number of allylic oxidation sites excluding steroid dienone is 2. The van der Waals surface area contributed by atoms with E-state index in [0.29, 0.717) is 17.1 Å². The molecule has 0 aromatic carbocycles. The first-order valence-electron chi connectivity index (χ1n) is 5.46. The Bertz CT molecular complexity index is 320. The molecular formula is C11H17N3S. The Labute approximate surface area is 96.0 Å².